The molecule has 0 saturated heterocycles. The predicted octanol–water partition coefficient (Wildman–Crippen LogP) is 5.87. The van der Waals surface area contributed by atoms with Gasteiger partial charge in [0.25, 0.3) is 0 Å². The second-order valence-corrected chi connectivity index (χ2v) is 8.94. The molecule has 5 rings (SSSR count). The Balaban J connectivity index is 1.31. The van der Waals surface area contributed by atoms with Gasteiger partial charge in [-0.3, -0.25) is 0 Å². The van der Waals surface area contributed by atoms with Gasteiger partial charge in [0.1, 0.15) is 0 Å². The van der Waals surface area contributed by atoms with E-state index in [0.29, 0.717) is 6.04 Å². The van der Waals surface area contributed by atoms with Crippen LogP contribution in [0.5, 0.6) is 0 Å². The molecule has 1 aliphatic heterocycles. The molecular weight excluding hydrogens is 396 g/mol. The van der Waals surface area contributed by atoms with Gasteiger partial charge in [0.05, 0.1) is 0 Å². The van der Waals surface area contributed by atoms with E-state index >= 15 is 0 Å². The first kappa shape index (κ1) is 17.3. The van der Waals surface area contributed by atoms with Crippen molar-refractivity contribution in [2.24, 2.45) is 5.92 Å². The summed E-state index contributed by atoms with van der Waals surface area (Å²) in [5.74, 6) is 0.767. The maximum Gasteiger partial charge on any atom is 0.0459 e. The summed E-state index contributed by atoms with van der Waals surface area (Å²) in [4.78, 5) is 3.65. The van der Waals surface area contributed by atoms with Gasteiger partial charge in [0, 0.05) is 33.7 Å². The SMILES string of the molecule is Brc1ccc2[nH]c3c(c2c1)CC(CC1CC(c2ccccc2)=CCN1)CC3. The van der Waals surface area contributed by atoms with Crippen LogP contribution in [0.1, 0.15) is 36.1 Å². The fourth-order valence-corrected chi connectivity index (χ4v) is 5.25. The Morgan fingerprint density at radius 1 is 1.04 bits per heavy atom. The average Bonchev–Trinajstić information content (AvgIpc) is 3.06. The zero-order valence-electron chi connectivity index (χ0n) is 15.5. The van der Waals surface area contributed by atoms with E-state index in [9.17, 15) is 0 Å². The molecule has 1 aromatic heterocycles. The summed E-state index contributed by atoms with van der Waals surface area (Å²) in [7, 11) is 0. The van der Waals surface area contributed by atoms with Gasteiger partial charge in [-0.2, -0.15) is 0 Å². The molecule has 2 atom stereocenters. The van der Waals surface area contributed by atoms with Crippen molar-refractivity contribution in [1.82, 2.24) is 10.3 Å². The summed E-state index contributed by atoms with van der Waals surface area (Å²) in [5, 5.41) is 5.15. The lowest BCUT2D eigenvalue weighted by atomic mass is 9.80. The topological polar surface area (TPSA) is 27.8 Å². The number of halogens is 1. The number of H-pyrrole nitrogens is 1. The zero-order valence-corrected chi connectivity index (χ0v) is 17.1. The number of rotatable bonds is 3. The maximum absolute atomic E-state index is 3.74. The van der Waals surface area contributed by atoms with E-state index < -0.39 is 0 Å². The van der Waals surface area contributed by atoms with E-state index in [1.54, 1.807) is 5.56 Å². The molecule has 0 radical (unpaired) electrons. The maximum atomic E-state index is 3.74. The van der Waals surface area contributed by atoms with Crippen molar-refractivity contribution in [3.63, 3.8) is 0 Å². The monoisotopic (exact) mass is 420 g/mol. The van der Waals surface area contributed by atoms with E-state index in [-0.39, 0.29) is 0 Å². The van der Waals surface area contributed by atoms with Crippen LogP contribution in [0.15, 0.2) is 59.1 Å². The Morgan fingerprint density at radius 2 is 1.93 bits per heavy atom. The lowest BCUT2D eigenvalue weighted by molar-refractivity contribution is 0.356. The van der Waals surface area contributed by atoms with Crippen LogP contribution in [0.25, 0.3) is 16.5 Å². The van der Waals surface area contributed by atoms with Gasteiger partial charge in [0.2, 0.25) is 0 Å². The first-order valence-electron chi connectivity index (χ1n) is 10.0. The normalized spacial score (nSPS) is 22.5. The Hall–Kier alpha value is -1.84. The van der Waals surface area contributed by atoms with Crippen molar-refractivity contribution in [2.45, 2.75) is 38.1 Å². The Labute approximate surface area is 169 Å². The van der Waals surface area contributed by atoms with Crippen molar-refractivity contribution in [3.8, 4) is 0 Å². The Kier molecular flexibility index (Phi) is 4.66. The molecule has 0 saturated carbocycles. The summed E-state index contributed by atoms with van der Waals surface area (Å²) < 4.78 is 1.17. The molecule has 2 unspecified atom stereocenters. The van der Waals surface area contributed by atoms with Crippen LogP contribution in [-0.2, 0) is 12.8 Å². The lowest BCUT2D eigenvalue weighted by Crippen LogP contribution is -2.35. The minimum atomic E-state index is 0.591. The highest BCUT2D eigenvalue weighted by Crippen LogP contribution is 2.36. The number of aryl methyl sites for hydroxylation is 1. The molecule has 0 bridgehead atoms. The molecule has 3 aromatic rings. The molecule has 2 nitrogen and oxygen atoms in total. The third-order valence-electron chi connectivity index (χ3n) is 6.24. The van der Waals surface area contributed by atoms with Crippen molar-refractivity contribution >= 4 is 32.4 Å². The van der Waals surface area contributed by atoms with Crippen molar-refractivity contribution < 1.29 is 0 Å². The van der Waals surface area contributed by atoms with Crippen LogP contribution < -0.4 is 5.32 Å². The van der Waals surface area contributed by atoms with Gasteiger partial charge >= 0.3 is 0 Å². The van der Waals surface area contributed by atoms with Crippen LogP contribution in [0, 0.1) is 5.92 Å². The predicted molar refractivity (Wildman–Crippen MR) is 117 cm³/mol. The molecule has 2 N–H and O–H groups in total. The third kappa shape index (κ3) is 3.51. The molecule has 27 heavy (non-hydrogen) atoms. The summed E-state index contributed by atoms with van der Waals surface area (Å²) in [6.07, 6.45) is 8.46. The quantitative estimate of drug-likeness (QED) is 0.544. The first-order valence-corrected chi connectivity index (χ1v) is 10.8. The minimum Gasteiger partial charge on any atom is -0.358 e. The van der Waals surface area contributed by atoms with E-state index in [1.165, 1.54) is 57.9 Å². The summed E-state index contributed by atoms with van der Waals surface area (Å²) in [6.45, 7) is 0.993. The molecule has 2 aliphatic rings. The van der Waals surface area contributed by atoms with Gasteiger partial charge in [0.15, 0.2) is 0 Å². The molecular formula is C24H25BrN2. The molecule has 2 aromatic carbocycles. The van der Waals surface area contributed by atoms with Gasteiger partial charge in [-0.15, -0.1) is 0 Å². The molecule has 2 heterocycles. The number of benzene rings is 2. The summed E-state index contributed by atoms with van der Waals surface area (Å²) in [6, 6.07) is 18.1. The lowest BCUT2D eigenvalue weighted by Gasteiger charge is -2.30. The van der Waals surface area contributed by atoms with Crippen LogP contribution in [-0.4, -0.2) is 17.6 Å². The third-order valence-corrected chi connectivity index (χ3v) is 6.73. The molecule has 0 spiro atoms. The fraction of sp³-hybridized carbons (Fsp3) is 0.333. The van der Waals surface area contributed by atoms with Crippen LogP contribution in [0.2, 0.25) is 0 Å². The smallest absolute Gasteiger partial charge is 0.0459 e. The second kappa shape index (κ2) is 7.29. The van der Waals surface area contributed by atoms with Gasteiger partial charge in [-0.25, -0.2) is 0 Å². The number of aromatic nitrogens is 1. The summed E-state index contributed by atoms with van der Waals surface area (Å²) in [5.41, 5.74) is 7.19. The van der Waals surface area contributed by atoms with Crippen molar-refractivity contribution in [1.29, 1.82) is 0 Å². The van der Waals surface area contributed by atoms with E-state index in [2.05, 4.69) is 80.8 Å². The molecule has 3 heteroatoms. The van der Waals surface area contributed by atoms with Crippen LogP contribution in [0.3, 0.4) is 0 Å². The van der Waals surface area contributed by atoms with Crippen molar-refractivity contribution in [3.05, 3.63) is 75.9 Å². The zero-order chi connectivity index (χ0) is 18.2. The minimum absolute atomic E-state index is 0.591. The number of hydrogen-bond donors (Lipinski definition) is 2. The summed E-state index contributed by atoms with van der Waals surface area (Å²) >= 11 is 3.64. The van der Waals surface area contributed by atoms with Gasteiger partial charge in [-0.1, -0.05) is 52.3 Å². The molecule has 138 valence electrons. The number of fused-ring (bicyclic) bond motifs is 3. The number of hydrogen-bond acceptors (Lipinski definition) is 1. The fourth-order valence-electron chi connectivity index (χ4n) is 4.89. The Morgan fingerprint density at radius 3 is 2.81 bits per heavy atom. The average molecular weight is 421 g/mol. The molecule has 1 aliphatic carbocycles. The number of nitrogens with one attached hydrogen (secondary N) is 2. The second-order valence-electron chi connectivity index (χ2n) is 8.02. The standard InChI is InChI=1S/C24H25BrN2/c25-19-7-9-24-22(15-19)21-13-16(6-8-23(21)27-24)12-20-14-18(10-11-26-20)17-4-2-1-3-5-17/h1-5,7,9-10,15-16,20,26-27H,6,8,11-14H2. The molecule has 0 amide bonds. The van der Waals surface area contributed by atoms with Gasteiger partial charge in [-0.05, 0) is 72.9 Å². The highest BCUT2D eigenvalue weighted by atomic mass is 79.9. The van der Waals surface area contributed by atoms with E-state index in [4.69, 9.17) is 0 Å². The molecule has 0 fully saturated rings. The highest BCUT2D eigenvalue weighted by molar-refractivity contribution is 9.10. The largest absolute Gasteiger partial charge is 0.358 e. The van der Waals surface area contributed by atoms with Crippen LogP contribution in [0.4, 0.5) is 0 Å². The number of aromatic amines is 1. The highest BCUT2D eigenvalue weighted by Gasteiger charge is 2.26. The Bertz CT molecular complexity index is 986. The van der Waals surface area contributed by atoms with Gasteiger partial charge < -0.3 is 10.3 Å². The van der Waals surface area contributed by atoms with E-state index in [0.717, 1.165) is 18.9 Å². The van der Waals surface area contributed by atoms with Crippen molar-refractivity contribution in [2.75, 3.05) is 6.54 Å². The first-order chi connectivity index (χ1) is 13.3. The van der Waals surface area contributed by atoms with Crippen LogP contribution >= 0.6 is 15.9 Å². The van der Waals surface area contributed by atoms with E-state index in [1.807, 2.05) is 0 Å².